The summed E-state index contributed by atoms with van der Waals surface area (Å²) in [5.74, 6) is 1.47. The fraction of sp³-hybridized carbons (Fsp3) is 0.611. The van der Waals surface area contributed by atoms with Gasteiger partial charge in [0.15, 0.2) is 0 Å². The summed E-state index contributed by atoms with van der Waals surface area (Å²) in [5.41, 5.74) is 1.21. The van der Waals surface area contributed by atoms with Gasteiger partial charge in [0.25, 0.3) is 0 Å². The number of hydrogen-bond donors (Lipinski definition) is 3. The maximum atomic E-state index is 9.14. The zero-order valence-electron chi connectivity index (χ0n) is 13.3. The Hall–Kier alpha value is -1.43. The summed E-state index contributed by atoms with van der Waals surface area (Å²) >= 11 is 0. The molecule has 1 saturated carbocycles. The van der Waals surface area contributed by atoms with Crippen molar-refractivity contribution < 1.29 is 9.84 Å². The minimum Gasteiger partial charge on any atom is -0.394 e. The van der Waals surface area contributed by atoms with E-state index >= 15 is 0 Å². The number of aliphatic hydroxyl groups is 1. The van der Waals surface area contributed by atoms with Crippen molar-refractivity contribution >= 4 is 5.84 Å². The Kier molecular flexibility index (Phi) is 4.33. The third-order valence-corrected chi connectivity index (χ3v) is 5.30. The van der Waals surface area contributed by atoms with E-state index in [1.54, 1.807) is 0 Å². The molecule has 5 heteroatoms. The van der Waals surface area contributed by atoms with Gasteiger partial charge in [0, 0.05) is 12.0 Å². The highest BCUT2D eigenvalue weighted by Crippen LogP contribution is 2.40. The molecule has 0 bridgehead atoms. The monoisotopic (exact) mass is 315 g/mol. The summed E-state index contributed by atoms with van der Waals surface area (Å²) < 4.78 is 6.33. The van der Waals surface area contributed by atoms with Gasteiger partial charge in [-0.3, -0.25) is 10.3 Å². The average molecular weight is 315 g/mol. The third-order valence-electron chi connectivity index (χ3n) is 5.30. The second kappa shape index (κ2) is 6.59. The third kappa shape index (κ3) is 2.89. The van der Waals surface area contributed by atoms with Crippen LogP contribution < -0.4 is 10.6 Å². The van der Waals surface area contributed by atoms with Crippen molar-refractivity contribution in [2.45, 2.75) is 50.1 Å². The normalized spacial score (nSPS) is 38.0. The lowest BCUT2D eigenvalue weighted by Gasteiger charge is -2.38. The summed E-state index contributed by atoms with van der Waals surface area (Å²) in [6.07, 6.45) is 5.34. The fourth-order valence-electron chi connectivity index (χ4n) is 4.24. The van der Waals surface area contributed by atoms with Crippen LogP contribution in [0.15, 0.2) is 35.3 Å². The molecule has 2 saturated heterocycles. The van der Waals surface area contributed by atoms with E-state index < -0.39 is 0 Å². The van der Waals surface area contributed by atoms with Crippen LogP contribution in [0.5, 0.6) is 0 Å². The molecule has 3 aliphatic rings. The topological polar surface area (TPSA) is 65.9 Å². The molecule has 124 valence electrons. The smallest absolute Gasteiger partial charge is 0.130 e. The van der Waals surface area contributed by atoms with Gasteiger partial charge in [-0.25, -0.2) is 0 Å². The summed E-state index contributed by atoms with van der Waals surface area (Å²) in [6, 6.07) is 10.7. The summed E-state index contributed by atoms with van der Waals surface area (Å²) in [5, 5.41) is 16.4. The Bertz CT molecular complexity index is 563. The van der Waals surface area contributed by atoms with Crippen molar-refractivity contribution in [3.63, 3.8) is 0 Å². The van der Waals surface area contributed by atoms with E-state index in [0.717, 1.165) is 12.3 Å². The van der Waals surface area contributed by atoms with Gasteiger partial charge in [-0.05, 0) is 18.4 Å². The van der Waals surface area contributed by atoms with E-state index in [0.29, 0.717) is 24.6 Å². The predicted molar refractivity (Wildman–Crippen MR) is 89.2 cm³/mol. The molecular weight excluding hydrogens is 290 g/mol. The van der Waals surface area contributed by atoms with Crippen LogP contribution in [0.2, 0.25) is 0 Å². The fourth-order valence-corrected chi connectivity index (χ4v) is 4.24. The first-order chi connectivity index (χ1) is 11.4. The number of aliphatic imine (C=N–C) groups is 1. The van der Waals surface area contributed by atoms with Crippen LogP contribution in [0.25, 0.3) is 0 Å². The van der Waals surface area contributed by atoms with E-state index in [1.807, 2.05) is 6.07 Å². The van der Waals surface area contributed by atoms with Crippen LogP contribution in [0.4, 0.5) is 0 Å². The van der Waals surface area contributed by atoms with Crippen LogP contribution in [-0.2, 0) is 4.74 Å². The maximum Gasteiger partial charge on any atom is 0.130 e. The molecule has 2 aliphatic heterocycles. The van der Waals surface area contributed by atoms with Crippen molar-refractivity contribution in [2.75, 3.05) is 13.2 Å². The van der Waals surface area contributed by atoms with Gasteiger partial charge in [0.2, 0.25) is 0 Å². The molecule has 0 spiro atoms. The predicted octanol–water partition coefficient (Wildman–Crippen LogP) is 1.59. The Morgan fingerprint density at radius 3 is 2.83 bits per heavy atom. The van der Waals surface area contributed by atoms with Gasteiger partial charge in [-0.15, -0.1) is 0 Å². The molecule has 0 radical (unpaired) electrons. The molecule has 3 N–H and O–H groups in total. The molecule has 3 fully saturated rings. The molecule has 0 amide bonds. The first-order valence-electron chi connectivity index (χ1n) is 8.75. The molecule has 1 aromatic rings. The summed E-state index contributed by atoms with van der Waals surface area (Å²) in [7, 11) is 0. The largest absolute Gasteiger partial charge is 0.394 e. The molecule has 4 rings (SSSR count). The highest BCUT2D eigenvalue weighted by Gasteiger charge is 2.50. The zero-order chi connectivity index (χ0) is 15.6. The van der Waals surface area contributed by atoms with Crippen LogP contribution in [0, 0.1) is 5.92 Å². The minimum atomic E-state index is -0.00499. The number of nitrogens with zero attached hydrogens (tertiary/aromatic N) is 1. The van der Waals surface area contributed by atoms with Gasteiger partial charge < -0.3 is 15.2 Å². The molecule has 5 atom stereocenters. The minimum absolute atomic E-state index is 0.00499. The van der Waals surface area contributed by atoms with Crippen LogP contribution >= 0.6 is 0 Å². The molecule has 1 aliphatic carbocycles. The lowest BCUT2D eigenvalue weighted by atomic mass is 9.81. The van der Waals surface area contributed by atoms with Crippen molar-refractivity contribution in [3.8, 4) is 0 Å². The Morgan fingerprint density at radius 1 is 1.17 bits per heavy atom. The summed E-state index contributed by atoms with van der Waals surface area (Å²) in [4.78, 5) is 4.57. The van der Waals surface area contributed by atoms with Crippen molar-refractivity contribution in [2.24, 2.45) is 10.9 Å². The SMILES string of the molecule is OCCN=C1NC(c2ccccc2)NC2C1OC1CCCCC12. The first kappa shape index (κ1) is 15.1. The second-order valence-electron chi connectivity index (χ2n) is 6.71. The van der Waals surface area contributed by atoms with E-state index in [4.69, 9.17) is 9.84 Å². The molecule has 1 aromatic carbocycles. The van der Waals surface area contributed by atoms with Crippen LogP contribution in [0.3, 0.4) is 0 Å². The number of nitrogens with one attached hydrogen (secondary N) is 2. The maximum absolute atomic E-state index is 9.14. The van der Waals surface area contributed by atoms with Crippen molar-refractivity contribution in [1.29, 1.82) is 0 Å². The lowest BCUT2D eigenvalue weighted by Crippen LogP contribution is -2.59. The first-order valence-corrected chi connectivity index (χ1v) is 8.75. The van der Waals surface area contributed by atoms with Crippen molar-refractivity contribution in [3.05, 3.63) is 35.9 Å². The number of aliphatic hydroxyl groups excluding tert-OH is 1. The van der Waals surface area contributed by atoms with Crippen molar-refractivity contribution in [1.82, 2.24) is 10.6 Å². The molecule has 23 heavy (non-hydrogen) atoms. The summed E-state index contributed by atoms with van der Waals surface area (Å²) in [6.45, 7) is 0.491. The second-order valence-corrected chi connectivity index (χ2v) is 6.71. The quantitative estimate of drug-likeness (QED) is 0.792. The zero-order valence-corrected chi connectivity index (χ0v) is 13.3. The standard InChI is InChI=1S/C18H25N3O2/c22-11-10-19-18-16-15(13-8-4-5-9-14(13)23-16)20-17(21-18)12-6-2-1-3-7-12/h1-3,6-7,13-17,20,22H,4-5,8-11H2,(H,19,21). The molecule has 0 aromatic heterocycles. The lowest BCUT2D eigenvalue weighted by molar-refractivity contribution is 0.0418. The van der Waals surface area contributed by atoms with Gasteiger partial charge in [0.1, 0.15) is 18.1 Å². The average Bonchev–Trinajstić information content (AvgIpc) is 2.99. The van der Waals surface area contributed by atoms with E-state index in [-0.39, 0.29) is 18.9 Å². The number of benzene rings is 1. The van der Waals surface area contributed by atoms with Crippen LogP contribution in [0.1, 0.15) is 37.4 Å². The van der Waals surface area contributed by atoms with Gasteiger partial charge in [-0.1, -0.05) is 43.2 Å². The Morgan fingerprint density at radius 2 is 2.00 bits per heavy atom. The highest BCUT2D eigenvalue weighted by atomic mass is 16.5. The number of amidine groups is 1. The Labute approximate surface area is 137 Å². The number of ether oxygens (including phenoxy) is 1. The van der Waals surface area contributed by atoms with E-state index in [2.05, 4.69) is 39.9 Å². The molecule has 5 nitrogen and oxygen atoms in total. The van der Waals surface area contributed by atoms with Crippen LogP contribution in [-0.4, -0.2) is 42.3 Å². The molecule has 5 unspecified atom stereocenters. The van der Waals surface area contributed by atoms with E-state index in [9.17, 15) is 0 Å². The van der Waals surface area contributed by atoms with Gasteiger partial charge in [0.05, 0.1) is 19.3 Å². The number of fused-ring (bicyclic) bond motifs is 3. The number of rotatable bonds is 3. The van der Waals surface area contributed by atoms with Gasteiger partial charge in [-0.2, -0.15) is 0 Å². The highest BCUT2D eigenvalue weighted by molar-refractivity contribution is 5.89. The molecular formula is C18H25N3O2. The number of hydrogen-bond acceptors (Lipinski definition) is 4. The van der Waals surface area contributed by atoms with Gasteiger partial charge >= 0.3 is 0 Å². The Balaban J connectivity index is 1.62. The van der Waals surface area contributed by atoms with E-state index in [1.165, 1.54) is 24.8 Å². The molecule has 2 heterocycles.